The van der Waals surface area contributed by atoms with Gasteiger partial charge in [0.05, 0.1) is 19.8 Å². The number of likely N-dealkylation sites (N-methyl/N-ethyl adjacent to an activating group) is 1. The van der Waals surface area contributed by atoms with Gasteiger partial charge in [0.1, 0.15) is 12.0 Å². The summed E-state index contributed by atoms with van der Waals surface area (Å²) < 4.78 is 11.1. The van der Waals surface area contributed by atoms with Crippen molar-refractivity contribution in [2.45, 2.75) is 12.3 Å². The van der Waals surface area contributed by atoms with Crippen molar-refractivity contribution >= 4 is 0 Å². The smallest absolute Gasteiger partial charge is 0.140 e. The van der Waals surface area contributed by atoms with Gasteiger partial charge in [0.25, 0.3) is 0 Å². The molecule has 1 aliphatic heterocycles. The average Bonchev–Trinajstić information content (AvgIpc) is 2.70. The van der Waals surface area contributed by atoms with E-state index in [0.717, 1.165) is 17.9 Å². The van der Waals surface area contributed by atoms with Gasteiger partial charge in [-0.05, 0) is 13.1 Å². The van der Waals surface area contributed by atoms with Crippen molar-refractivity contribution in [1.29, 1.82) is 0 Å². The lowest BCUT2D eigenvalue weighted by molar-refractivity contribution is -0.0150. The topological polar surface area (TPSA) is 41.9 Å². The lowest BCUT2D eigenvalue weighted by Crippen LogP contribution is -2.21. The maximum atomic E-state index is 9.09. The highest BCUT2D eigenvalue weighted by molar-refractivity contribution is 5.35. The Morgan fingerprint density at radius 3 is 2.88 bits per heavy atom. The molecule has 0 aliphatic carbocycles. The SMILES string of the molecule is COc1ccccc1C1OC(CO)CN1C. The summed E-state index contributed by atoms with van der Waals surface area (Å²) in [6.07, 6.45) is -0.242. The Morgan fingerprint density at radius 2 is 2.25 bits per heavy atom. The summed E-state index contributed by atoms with van der Waals surface area (Å²) in [5, 5.41) is 9.09. The average molecular weight is 223 g/mol. The molecule has 4 heteroatoms. The predicted octanol–water partition coefficient (Wildman–Crippen LogP) is 1.02. The van der Waals surface area contributed by atoms with E-state index in [-0.39, 0.29) is 18.9 Å². The molecule has 1 aliphatic rings. The zero-order chi connectivity index (χ0) is 11.5. The molecule has 0 bridgehead atoms. The minimum Gasteiger partial charge on any atom is -0.496 e. The highest BCUT2D eigenvalue weighted by Crippen LogP contribution is 2.34. The van der Waals surface area contributed by atoms with Gasteiger partial charge < -0.3 is 14.6 Å². The third-order valence-electron chi connectivity index (χ3n) is 2.82. The van der Waals surface area contributed by atoms with E-state index in [1.165, 1.54) is 0 Å². The molecule has 1 N–H and O–H groups in total. The van der Waals surface area contributed by atoms with Crippen LogP contribution >= 0.6 is 0 Å². The predicted molar refractivity (Wildman–Crippen MR) is 60.3 cm³/mol. The van der Waals surface area contributed by atoms with Crippen LogP contribution in [0.25, 0.3) is 0 Å². The lowest BCUT2D eigenvalue weighted by Gasteiger charge is -2.20. The second-order valence-corrected chi connectivity index (χ2v) is 3.97. The molecule has 1 aromatic rings. The fourth-order valence-corrected chi connectivity index (χ4v) is 2.03. The summed E-state index contributed by atoms with van der Waals surface area (Å²) >= 11 is 0. The normalized spacial score (nSPS) is 25.9. The van der Waals surface area contributed by atoms with Crippen molar-refractivity contribution < 1.29 is 14.6 Å². The van der Waals surface area contributed by atoms with Gasteiger partial charge in [0, 0.05) is 12.1 Å². The molecular formula is C12H17NO3. The first-order valence-electron chi connectivity index (χ1n) is 5.35. The van der Waals surface area contributed by atoms with E-state index in [1.807, 2.05) is 31.3 Å². The lowest BCUT2D eigenvalue weighted by atomic mass is 10.1. The van der Waals surface area contributed by atoms with Crippen LogP contribution in [0.4, 0.5) is 0 Å². The number of aliphatic hydroxyl groups is 1. The van der Waals surface area contributed by atoms with Crippen LogP contribution in [0.2, 0.25) is 0 Å². The third kappa shape index (κ3) is 2.04. The molecule has 0 aromatic heterocycles. The van der Waals surface area contributed by atoms with Crippen LogP contribution in [-0.4, -0.2) is 43.4 Å². The maximum absolute atomic E-state index is 9.09. The fourth-order valence-electron chi connectivity index (χ4n) is 2.03. The Kier molecular flexibility index (Phi) is 3.43. The standard InChI is InChI=1S/C12H17NO3/c1-13-7-9(8-14)16-12(13)10-5-3-4-6-11(10)15-2/h3-6,9,12,14H,7-8H2,1-2H3. The monoisotopic (exact) mass is 223 g/mol. The summed E-state index contributed by atoms with van der Waals surface area (Å²) in [6.45, 7) is 0.787. The van der Waals surface area contributed by atoms with Crippen LogP contribution in [0.15, 0.2) is 24.3 Å². The summed E-state index contributed by atoms with van der Waals surface area (Å²) in [4.78, 5) is 2.07. The molecule has 2 unspecified atom stereocenters. The van der Waals surface area contributed by atoms with Gasteiger partial charge in [-0.3, -0.25) is 4.90 Å². The van der Waals surface area contributed by atoms with E-state index in [0.29, 0.717) is 0 Å². The van der Waals surface area contributed by atoms with Crippen molar-refractivity contribution in [2.75, 3.05) is 27.3 Å². The van der Waals surface area contributed by atoms with Crippen molar-refractivity contribution in [3.05, 3.63) is 29.8 Å². The molecule has 0 saturated carbocycles. The molecule has 1 fully saturated rings. The Bertz CT molecular complexity index is 356. The van der Waals surface area contributed by atoms with Crippen LogP contribution in [0, 0.1) is 0 Å². The molecule has 2 rings (SSSR count). The van der Waals surface area contributed by atoms with Crippen molar-refractivity contribution in [1.82, 2.24) is 4.90 Å². The molecule has 1 aromatic carbocycles. The largest absolute Gasteiger partial charge is 0.496 e. The zero-order valence-electron chi connectivity index (χ0n) is 9.59. The Labute approximate surface area is 95.4 Å². The summed E-state index contributed by atoms with van der Waals surface area (Å²) in [5.41, 5.74) is 1.00. The van der Waals surface area contributed by atoms with Crippen LogP contribution < -0.4 is 4.74 Å². The van der Waals surface area contributed by atoms with Crippen molar-refractivity contribution in [2.24, 2.45) is 0 Å². The van der Waals surface area contributed by atoms with E-state index in [1.54, 1.807) is 7.11 Å². The molecule has 1 saturated heterocycles. The number of hydrogen-bond donors (Lipinski definition) is 1. The van der Waals surface area contributed by atoms with Gasteiger partial charge >= 0.3 is 0 Å². The van der Waals surface area contributed by atoms with Gasteiger partial charge in [-0.25, -0.2) is 0 Å². The molecular weight excluding hydrogens is 206 g/mol. The Balaban J connectivity index is 2.23. The van der Waals surface area contributed by atoms with Crippen LogP contribution in [0.3, 0.4) is 0 Å². The highest BCUT2D eigenvalue weighted by Gasteiger charge is 2.32. The first-order chi connectivity index (χ1) is 7.76. The molecule has 4 nitrogen and oxygen atoms in total. The summed E-state index contributed by atoms with van der Waals surface area (Å²) in [7, 11) is 3.63. The number of hydrogen-bond acceptors (Lipinski definition) is 4. The second-order valence-electron chi connectivity index (χ2n) is 3.97. The molecule has 1 heterocycles. The van der Waals surface area contributed by atoms with Crippen molar-refractivity contribution in [3.8, 4) is 5.75 Å². The maximum Gasteiger partial charge on any atom is 0.140 e. The van der Waals surface area contributed by atoms with Gasteiger partial charge in [0.2, 0.25) is 0 Å². The molecule has 0 amide bonds. The van der Waals surface area contributed by atoms with E-state index >= 15 is 0 Å². The number of aliphatic hydroxyl groups excluding tert-OH is 1. The number of ether oxygens (including phenoxy) is 2. The molecule has 0 radical (unpaired) electrons. The highest BCUT2D eigenvalue weighted by atomic mass is 16.5. The first-order valence-corrected chi connectivity index (χ1v) is 5.35. The number of nitrogens with zero attached hydrogens (tertiary/aromatic N) is 1. The van der Waals surface area contributed by atoms with E-state index in [9.17, 15) is 0 Å². The van der Waals surface area contributed by atoms with Crippen LogP contribution in [0.5, 0.6) is 5.75 Å². The number of para-hydroxylation sites is 1. The van der Waals surface area contributed by atoms with Crippen molar-refractivity contribution in [3.63, 3.8) is 0 Å². The minimum absolute atomic E-state index is 0.0516. The molecule has 2 atom stereocenters. The zero-order valence-corrected chi connectivity index (χ0v) is 9.59. The van der Waals surface area contributed by atoms with Crippen LogP contribution in [-0.2, 0) is 4.74 Å². The van der Waals surface area contributed by atoms with Gasteiger partial charge in [-0.1, -0.05) is 18.2 Å². The number of methoxy groups -OCH3 is 1. The first kappa shape index (κ1) is 11.4. The third-order valence-corrected chi connectivity index (χ3v) is 2.82. The number of rotatable bonds is 3. The molecule has 88 valence electrons. The Morgan fingerprint density at radius 1 is 1.50 bits per heavy atom. The van der Waals surface area contributed by atoms with Gasteiger partial charge in [0.15, 0.2) is 0 Å². The Hall–Kier alpha value is -1.10. The van der Waals surface area contributed by atoms with E-state index in [4.69, 9.17) is 14.6 Å². The second kappa shape index (κ2) is 4.82. The molecule has 0 spiro atoms. The summed E-state index contributed by atoms with van der Waals surface area (Å²) in [6, 6.07) is 7.79. The van der Waals surface area contributed by atoms with Gasteiger partial charge in [-0.15, -0.1) is 0 Å². The van der Waals surface area contributed by atoms with Gasteiger partial charge in [-0.2, -0.15) is 0 Å². The summed E-state index contributed by atoms with van der Waals surface area (Å²) in [5.74, 6) is 0.818. The quantitative estimate of drug-likeness (QED) is 0.830. The minimum atomic E-state index is -0.131. The van der Waals surface area contributed by atoms with Crippen LogP contribution in [0.1, 0.15) is 11.8 Å². The van der Waals surface area contributed by atoms with E-state index < -0.39 is 0 Å². The number of benzene rings is 1. The molecule has 16 heavy (non-hydrogen) atoms. The fraction of sp³-hybridized carbons (Fsp3) is 0.500. The van der Waals surface area contributed by atoms with E-state index in [2.05, 4.69) is 4.90 Å².